The predicted molar refractivity (Wildman–Crippen MR) is 118 cm³/mol. The van der Waals surface area contributed by atoms with Gasteiger partial charge in [-0.2, -0.15) is 0 Å². The van der Waals surface area contributed by atoms with Gasteiger partial charge in [0.25, 0.3) is 5.91 Å². The van der Waals surface area contributed by atoms with Gasteiger partial charge in [-0.1, -0.05) is 43.0 Å². The van der Waals surface area contributed by atoms with Gasteiger partial charge in [0.1, 0.15) is 5.82 Å². The topological polar surface area (TPSA) is 88.9 Å². The highest BCUT2D eigenvalue weighted by molar-refractivity contribution is 7.99. The van der Waals surface area contributed by atoms with Crippen LogP contribution in [0.1, 0.15) is 41.6 Å². The molecule has 31 heavy (non-hydrogen) atoms. The van der Waals surface area contributed by atoms with E-state index in [1.165, 1.54) is 35.5 Å². The summed E-state index contributed by atoms with van der Waals surface area (Å²) in [7, 11) is 1.75. The van der Waals surface area contributed by atoms with Gasteiger partial charge in [-0.25, -0.2) is 4.39 Å². The normalized spacial score (nSPS) is 11.7. The highest BCUT2D eigenvalue weighted by Crippen LogP contribution is 2.20. The molecule has 0 aliphatic rings. The molecule has 0 radical (unpaired) electrons. The lowest BCUT2D eigenvalue weighted by Gasteiger charge is -2.14. The number of carbonyl (C=O) groups is 2. The minimum atomic E-state index is -0.586. The summed E-state index contributed by atoms with van der Waals surface area (Å²) in [6.45, 7) is 3.81. The molecule has 0 spiro atoms. The number of hydrogen-bond donors (Lipinski definition) is 2. The quantitative estimate of drug-likeness (QED) is 0.520. The first-order valence-corrected chi connectivity index (χ1v) is 10.8. The van der Waals surface area contributed by atoms with Gasteiger partial charge in [-0.05, 0) is 43.2 Å². The van der Waals surface area contributed by atoms with Gasteiger partial charge in [0.2, 0.25) is 5.91 Å². The SMILES string of the molecule is CCc1ccc(NC(=O)CSc2nnc(C(C)NC(=O)c3ccccc3F)n2C)cc1. The molecule has 1 aromatic heterocycles. The third-order valence-corrected chi connectivity index (χ3v) is 5.72. The molecule has 1 atom stereocenters. The maximum Gasteiger partial charge on any atom is 0.254 e. The van der Waals surface area contributed by atoms with Crippen LogP contribution in [0.3, 0.4) is 0 Å². The number of thioether (sulfide) groups is 1. The third-order valence-electron chi connectivity index (χ3n) is 4.70. The van der Waals surface area contributed by atoms with Gasteiger partial charge in [0.15, 0.2) is 11.0 Å². The zero-order chi connectivity index (χ0) is 22.4. The van der Waals surface area contributed by atoms with Gasteiger partial charge >= 0.3 is 0 Å². The Labute approximate surface area is 184 Å². The number of nitrogens with zero attached hydrogens (tertiary/aromatic N) is 3. The summed E-state index contributed by atoms with van der Waals surface area (Å²) in [5.41, 5.74) is 1.91. The molecule has 0 aliphatic heterocycles. The van der Waals surface area contributed by atoms with Crippen LogP contribution in [0.15, 0.2) is 53.7 Å². The van der Waals surface area contributed by atoms with E-state index >= 15 is 0 Å². The monoisotopic (exact) mass is 441 g/mol. The molecule has 1 unspecified atom stereocenters. The summed E-state index contributed by atoms with van der Waals surface area (Å²) < 4.78 is 15.5. The van der Waals surface area contributed by atoms with Crippen molar-refractivity contribution in [3.05, 3.63) is 71.3 Å². The van der Waals surface area contributed by atoms with Crippen LogP contribution in [-0.4, -0.2) is 32.3 Å². The van der Waals surface area contributed by atoms with Gasteiger partial charge in [0, 0.05) is 12.7 Å². The summed E-state index contributed by atoms with van der Waals surface area (Å²) >= 11 is 1.24. The molecule has 2 aromatic carbocycles. The number of carbonyl (C=O) groups excluding carboxylic acids is 2. The van der Waals surface area contributed by atoms with Crippen molar-refractivity contribution in [2.24, 2.45) is 7.05 Å². The minimum Gasteiger partial charge on any atom is -0.342 e. The van der Waals surface area contributed by atoms with E-state index in [1.54, 1.807) is 24.6 Å². The number of halogens is 1. The lowest BCUT2D eigenvalue weighted by atomic mass is 10.1. The summed E-state index contributed by atoms with van der Waals surface area (Å²) in [5, 5.41) is 14.3. The molecule has 2 N–H and O–H groups in total. The fraction of sp³-hybridized carbons (Fsp3) is 0.273. The van der Waals surface area contributed by atoms with E-state index in [0.29, 0.717) is 11.0 Å². The molecule has 0 saturated carbocycles. The zero-order valence-electron chi connectivity index (χ0n) is 17.6. The third kappa shape index (κ3) is 5.69. The van der Waals surface area contributed by atoms with E-state index in [4.69, 9.17) is 0 Å². The number of hydrogen-bond acceptors (Lipinski definition) is 5. The molecule has 2 amide bonds. The largest absolute Gasteiger partial charge is 0.342 e. The molecule has 0 aliphatic carbocycles. The Morgan fingerprint density at radius 2 is 1.84 bits per heavy atom. The molecule has 0 bridgehead atoms. The van der Waals surface area contributed by atoms with Gasteiger partial charge in [-0.3, -0.25) is 9.59 Å². The Hall–Kier alpha value is -3.20. The van der Waals surface area contributed by atoms with Crippen LogP contribution >= 0.6 is 11.8 Å². The summed E-state index contributed by atoms with van der Waals surface area (Å²) in [6, 6.07) is 13.0. The van der Waals surface area contributed by atoms with Crippen molar-refractivity contribution in [3.8, 4) is 0 Å². The van der Waals surface area contributed by atoms with Gasteiger partial charge in [-0.15, -0.1) is 10.2 Å². The van der Waals surface area contributed by atoms with E-state index in [2.05, 4.69) is 27.8 Å². The molecule has 9 heteroatoms. The molecular weight excluding hydrogens is 417 g/mol. The van der Waals surface area contributed by atoms with Gasteiger partial charge < -0.3 is 15.2 Å². The summed E-state index contributed by atoms with van der Waals surface area (Å²) in [4.78, 5) is 24.6. The van der Waals surface area contributed by atoms with Crippen LogP contribution < -0.4 is 10.6 Å². The van der Waals surface area contributed by atoms with Crippen molar-refractivity contribution in [3.63, 3.8) is 0 Å². The van der Waals surface area contributed by atoms with Crippen LogP contribution in [0.2, 0.25) is 0 Å². The number of anilines is 1. The highest BCUT2D eigenvalue weighted by atomic mass is 32.2. The highest BCUT2D eigenvalue weighted by Gasteiger charge is 2.20. The smallest absolute Gasteiger partial charge is 0.254 e. The molecular formula is C22H24FN5O2S. The molecule has 0 fully saturated rings. The second kappa shape index (κ2) is 10.2. The second-order valence-electron chi connectivity index (χ2n) is 6.96. The van der Waals surface area contributed by atoms with Crippen molar-refractivity contribution in [1.29, 1.82) is 0 Å². The second-order valence-corrected chi connectivity index (χ2v) is 7.90. The number of nitrogens with one attached hydrogen (secondary N) is 2. The minimum absolute atomic E-state index is 0.0326. The number of aryl methyl sites for hydroxylation is 1. The Morgan fingerprint density at radius 1 is 1.13 bits per heavy atom. The summed E-state index contributed by atoms with van der Waals surface area (Å²) in [5.74, 6) is -0.604. The average molecular weight is 442 g/mol. The first kappa shape index (κ1) is 22.5. The summed E-state index contributed by atoms with van der Waals surface area (Å²) in [6.07, 6.45) is 0.942. The maximum atomic E-state index is 13.8. The Bertz CT molecular complexity index is 1070. The van der Waals surface area contributed by atoms with Crippen molar-refractivity contribution in [2.75, 3.05) is 11.1 Å². The molecule has 0 saturated heterocycles. The van der Waals surface area contributed by atoms with Gasteiger partial charge in [0.05, 0.1) is 17.4 Å². The maximum absolute atomic E-state index is 13.8. The van der Waals surface area contributed by atoms with Crippen LogP contribution in [0.5, 0.6) is 0 Å². The lowest BCUT2D eigenvalue weighted by Crippen LogP contribution is -2.29. The molecule has 162 valence electrons. The molecule has 1 heterocycles. The van der Waals surface area contributed by atoms with E-state index in [0.717, 1.165) is 12.1 Å². The number of rotatable bonds is 8. The molecule has 3 rings (SSSR count). The van der Waals surface area contributed by atoms with Crippen LogP contribution in [-0.2, 0) is 18.3 Å². The average Bonchev–Trinajstić information content (AvgIpc) is 3.13. The van der Waals surface area contributed by atoms with E-state index in [1.807, 2.05) is 24.3 Å². The van der Waals surface area contributed by atoms with Crippen molar-refractivity contribution >= 4 is 29.3 Å². The lowest BCUT2D eigenvalue weighted by molar-refractivity contribution is -0.113. The van der Waals surface area contributed by atoms with E-state index in [9.17, 15) is 14.0 Å². The van der Waals surface area contributed by atoms with E-state index in [-0.39, 0.29) is 17.2 Å². The van der Waals surface area contributed by atoms with Crippen LogP contribution in [0.25, 0.3) is 0 Å². The Balaban J connectivity index is 1.57. The number of aromatic nitrogens is 3. The zero-order valence-corrected chi connectivity index (χ0v) is 18.4. The number of benzene rings is 2. The fourth-order valence-corrected chi connectivity index (χ4v) is 3.68. The van der Waals surface area contributed by atoms with Crippen molar-refractivity contribution in [1.82, 2.24) is 20.1 Å². The van der Waals surface area contributed by atoms with Crippen molar-refractivity contribution in [2.45, 2.75) is 31.5 Å². The van der Waals surface area contributed by atoms with Crippen LogP contribution in [0.4, 0.5) is 10.1 Å². The van der Waals surface area contributed by atoms with Crippen LogP contribution in [0, 0.1) is 5.82 Å². The first-order valence-electron chi connectivity index (χ1n) is 9.85. The Morgan fingerprint density at radius 3 is 2.52 bits per heavy atom. The fourth-order valence-electron chi connectivity index (χ4n) is 2.96. The van der Waals surface area contributed by atoms with E-state index < -0.39 is 17.8 Å². The Kier molecular flexibility index (Phi) is 7.41. The predicted octanol–water partition coefficient (Wildman–Crippen LogP) is 3.74. The molecule has 3 aromatic rings. The van der Waals surface area contributed by atoms with Crippen molar-refractivity contribution < 1.29 is 14.0 Å². The first-order chi connectivity index (χ1) is 14.9. The molecule has 7 nitrogen and oxygen atoms in total. The number of amides is 2. The standard InChI is InChI=1S/C22H24FN5O2S/c1-4-15-9-11-16(12-10-15)25-19(29)13-31-22-27-26-20(28(22)3)14(2)24-21(30)17-7-5-6-8-18(17)23/h5-12,14H,4,13H2,1-3H3,(H,24,30)(H,25,29).